The van der Waals surface area contributed by atoms with Gasteiger partial charge in [-0.1, -0.05) is 32.1 Å². The van der Waals surface area contributed by atoms with Gasteiger partial charge in [0.25, 0.3) is 0 Å². The monoisotopic (exact) mass is 264 g/mol. The second kappa shape index (κ2) is 6.13. The molecule has 19 heavy (non-hydrogen) atoms. The first-order valence-electron chi connectivity index (χ1n) is 8.76. The SMILES string of the molecule is CC1(N2CCCNC(C3CCCCC3)C2)CCCC1. The average molecular weight is 264 g/mol. The van der Waals surface area contributed by atoms with Crippen molar-refractivity contribution >= 4 is 0 Å². The van der Waals surface area contributed by atoms with Crippen molar-refractivity contribution in [2.24, 2.45) is 5.92 Å². The fourth-order valence-corrected chi connectivity index (χ4v) is 4.75. The molecule has 0 radical (unpaired) electrons. The highest BCUT2D eigenvalue weighted by atomic mass is 15.2. The van der Waals surface area contributed by atoms with Gasteiger partial charge in [-0.25, -0.2) is 0 Å². The van der Waals surface area contributed by atoms with Gasteiger partial charge in [-0.2, -0.15) is 0 Å². The Morgan fingerprint density at radius 2 is 1.68 bits per heavy atom. The molecule has 0 bridgehead atoms. The molecule has 0 aromatic rings. The zero-order valence-corrected chi connectivity index (χ0v) is 12.8. The first-order chi connectivity index (χ1) is 9.28. The van der Waals surface area contributed by atoms with E-state index in [0.717, 1.165) is 12.0 Å². The maximum atomic E-state index is 3.88. The summed E-state index contributed by atoms with van der Waals surface area (Å²) in [5.74, 6) is 0.958. The van der Waals surface area contributed by atoms with Crippen LogP contribution >= 0.6 is 0 Å². The summed E-state index contributed by atoms with van der Waals surface area (Å²) in [6, 6.07) is 0.778. The second-order valence-electron chi connectivity index (χ2n) is 7.46. The molecule has 1 N–H and O–H groups in total. The van der Waals surface area contributed by atoms with Gasteiger partial charge in [-0.3, -0.25) is 4.90 Å². The summed E-state index contributed by atoms with van der Waals surface area (Å²) in [6.45, 7) is 6.42. The maximum absolute atomic E-state index is 3.88. The normalized spacial score (nSPS) is 34.3. The Labute approximate surface area is 119 Å². The number of hydrogen-bond acceptors (Lipinski definition) is 2. The minimum absolute atomic E-state index is 0.527. The summed E-state index contributed by atoms with van der Waals surface area (Å²) in [7, 11) is 0. The Balaban J connectivity index is 1.65. The number of hydrogen-bond donors (Lipinski definition) is 1. The molecule has 0 aromatic carbocycles. The van der Waals surface area contributed by atoms with Gasteiger partial charge >= 0.3 is 0 Å². The third-order valence-corrected chi connectivity index (χ3v) is 6.09. The van der Waals surface area contributed by atoms with Crippen molar-refractivity contribution in [3.63, 3.8) is 0 Å². The van der Waals surface area contributed by atoms with E-state index in [4.69, 9.17) is 0 Å². The molecule has 2 saturated carbocycles. The Hall–Kier alpha value is -0.0800. The van der Waals surface area contributed by atoms with Gasteiger partial charge in [0.2, 0.25) is 0 Å². The van der Waals surface area contributed by atoms with E-state index >= 15 is 0 Å². The molecule has 1 unspecified atom stereocenters. The Morgan fingerprint density at radius 1 is 0.947 bits per heavy atom. The zero-order chi connectivity index (χ0) is 13.1. The molecule has 0 spiro atoms. The molecule has 3 rings (SSSR count). The van der Waals surface area contributed by atoms with E-state index in [1.807, 2.05) is 0 Å². The Bertz CT molecular complexity index is 277. The summed E-state index contributed by atoms with van der Waals surface area (Å²) in [5.41, 5.74) is 0.527. The molecular formula is C17H32N2. The maximum Gasteiger partial charge on any atom is 0.0223 e. The van der Waals surface area contributed by atoms with Crippen LogP contribution in [0.15, 0.2) is 0 Å². The van der Waals surface area contributed by atoms with Gasteiger partial charge in [0, 0.05) is 18.1 Å². The van der Waals surface area contributed by atoms with Gasteiger partial charge in [0.1, 0.15) is 0 Å². The standard InChI is InChI=1S/C17H32N2/c1-17(10-5-6-11-17)19-13-7-12-18-16(14-19)15-8-3-2-4-9-15/h15-16,18H,2-14H2,1H3. The van der Waals surface area contributed by atoms with Crippen molar-refractivity contribution in [2.45, 2.75) is 82.7 Å². The fourth-order valence-electron chi connectivity index (χ4n) is 4.75. The van der Waals surface area contributed by atoms with E-state index in [2.05, 4.69) is 17.1 Å². The zero-order valence-electron chi connectivity index (χ0n) is 12.8. The van der Waals surface area contributed by atoms with Gasteiger partial charge in [-0.05, 0) is 58.0 Å². The molecule has 1 aliphatic heterocycles. The molecule has 110 valence electrons. The molecule has 3 aliphatic rings. The largest absolute Gasteiger partial charge is 0.312 e. The Kier molecular flexibility index (Phi) is 4.48. The van der Waals surface area contributed by atoms with Crippen LogP contribution in [0.4, 0.5) is 0 Å². The minimum Gasteiger partial charge on any atom is -0.312 e. The minimum atomic E-state index is 0.527. The number of rotatable bonds is 2. The number of nitrogens with one attached hydrogen (secondary N) is 1. The van der Waals surface area contributed by atoms with E-state index in [1.165, 1.54) is 83.8 Å². The molecule has 3 fully saturated rings. The van der Waals surface area contributed by atoms with Crippen molar-refractivity contribution in [1.29, 1.82) is 0 Å². The third-order valence-electron chi connectivity index (χ3n) is 6.09. The van der Waals surface area contributed by atoms with Crippen LogP contribution in [0.2, 0.25) is 0 Å². The van der Waals surface area contributed by atoms with E-state index in [0.29, 0.717) is 5.54 Å². The second-order valence-corrected chi connectivity index (χ2v) is 7.46. The van der Waals surface area contributed by atoms with Crippen molar-refractivity contribution in [1.82, 2.24) is 10.2 Å². The first-order valence-corrected chi connectivity index (χ1v) is 8.76. The van der Waals surface area contributed by atoms with Crippen molar-refractivity contribution in [3.8, 4) is 0 Å². The van der Waals surface area contributed by atoms with Gasteiger partial charge in [0.15, 0.2) is 0 Å². The molecule has 2 aliphatic carbocycles. The topological polar surface area (TPSA) is 15.3 Å². The lowest BCUT2D eigenvalue weighted by molar-refractivity contribution is 0.0925. The van der Waals surface area contributed by atoms with Crippen LogP contribution in [0.5, 0.6) is 0 Å². The molecule has 0 aromatic heterocycles. The Morgan fingerprint density at radius 3 is 2.42 bits per heavy atom. The van der Waals surface area contributed by atoms with Crippen LogP contribution in [0.25, 0.3) is 0 Å². The predicted molar refractivity (Wildman–Crippen MR) is 81.4 cm³/mol. The highest BCUT2D eigenvalue weighted by molar-refractivity contribution is 4.95. The van der Waals surface area contributed by atoms with Gasteiger partial charge in [0.05, 0.1) is 0 Å². The van der Waals surface area contributed by atoms with Crippen LogP contribution in [0, 0.1) is 5.92 Å². The van der Waals surface area contributed by atoms with Crippen LogP contribution in [0.1, 0.15) is 71.1 Å². The summed E-state index contributed by atoms with van der Waals surface area (Å²) in [5, 5.41) is 3.88. The van der Waals surface area contributed by atoms with Crippen LogP contribution in [-0.4, -0.2) is 36.1 Å². The molecule has 1 saturated heterocycles. The molecule has 0 amide bonds. The summed E-state index contributed by atoms with van der Waals surface area (Å²) in [6.07, 6.45) is 14.5. The summed E-state index contributed by atoms with van der Waals surface area (Å²) < 4.78 is 0. The lowest BCUT2D eigenvalue weighted by atomic mass is 9.83. The van der Waals surface area contributed by atoms with E-state index in [1.54, 1.807) is 0 Å². The highest BCUT2D eigenvalue weighted by Crippen LogP contribution is 2.36. The quantitative estimate of drug-likeness (QED) is 0.820. The fraction of sp³-hybridized carbons (Fsp3) is 1.00. The predicted octanol–water partition coefficient (Wildman–Crippen LogP) is 3.56. The summed E-state index contributed by atoms with van der Waals surface area (Å²) in [4.78, 5) is 2.86. The van der Waals surface area contributed by atoms with Crippen LogP contribution < -0.4 is 5.32 Å². The third kappa shape index (κ3) is 3.16. The van der Waals surface area contributed by atoms with Crippen LogP contribution in [0.3, 0.4) is 0 Å². The molecule has 2 heteroatoms. The number of nitrogens with zero attached hydrogens (tertiary/aromatic N) is 1. The molecular weight excluding hydrogens is 232 g/mol. The lowest BCUT2D eigenvalue weighted by Gasteiger charge is -2.41. The summed E-state index contributed by atoms with van der Waals surface area (Å²) >= 11 is 0. The van der Waals surface area contributed by atoms with Gasteiger partial charge in [-0.15, -0.1) is 0 Å². The van der Waals surface area contributed by atoms with Crippen molar-refractivity contribution < 1.29 is 0 Å². The lowest BCUT2D eigenvalue weighted by Crippen LogP contribution is -2.51. The van der Waals surface area contributed by atoms with Crippen molar-refractivity contribution in [3.05, 3.63) is 0 Å². The van der Waals surface area contributed by atoms with E-state index < -0.39 is 0 Å². The first kappa shape index (κ1) is 13.9. The molecule has 1 heterocycles. The van der Waals surface area contributed by atoms with Crippen molar-refractivity contribution in [2.75, 3.05) is 19.6 Å². The molecule has 2 nitrogen and oxygen atoms in total. The molecule has 1 atom stereocenters. The highest BCUT2D eigenvalue weighted by Gasteiger charge is 2.37. The van der Waals surface area contributed by atoms with E-state index in [9.17, 15) is 0 Å². The van der Waals surface area contributed by atoms with Crippen LogP contribution in [-0.2, 0) is 0 Å². The average Bonchev–Trinajstić information content (AvgIpc) is 2.75. The smallest absolute Gasteiger partial charge is 0.0223 e. The van der Waals surface area contributed by atoms with E-state index in [-0.39, 0.29) is 0 Å². The van der Waals surface area contributed by atoms with Gasteiger partial charge < -0.3 is 5.32 Å².